The van der Waals surface area contributed by atoms with Gasteiger partial charge in [0.15, 0.2) is 0 Å². The minimum atomic E-state index is 0.210. The van der Waals surface area contributed by atoms with E-state index in [2.05, 4.69) is 40.0 Å². The van der Waals surface area contributed by atoms with Crippen molar-refractivity contribution in [1.82, 2.24) is 15.2 Å². The molecule has 1 saturated heterocycles. The minimum Gasteiger partial charge on any atom is -0.354 e. The lowest BCUT2D eigenvalue weighted by molar-refractivity contribution is -0.126. The summed E-state index contributed by atoms with van der Waals surface area (Å²) in [6.45, 7) is 10.5. The van der Waals surface area contributed by atoms with Crippen molar-refractivity contribution < 1.29 is 4.79 Å². The summed E-state index contributed by atoms with van der Waals surface area (Å²) >= 11 is 0. The van der Waals surface area contributed by atoms with Crippen LogP contribution >= 0.6 is 0 Å². The Labute approximate surface area is 170 Å². The molecule has 1 aromatic rings. The molecular formula is C23H38N4O. The van der Waals surface area contributed by atoms with Crippen LogP contribution in [0.25, 0.3) is 0 Å². The molecule has 0 unspecified atom stereocenters. The standard InChI is InChI=1S/C23H38N4O/c1-3-5-6-19-7-9-21(10-8-19)23(28)25-18-20-11-12-24-22(17-20)27-15-13-26(4-2)14-16-27/h11-12,17,19,21H,3-10,13-16,18H2,1-2H3,(H,25,28). The quantitative estimate of drug-likeness (QED) is 0.737. The average Bonchev–Trinajstić information content (AvgIpc) is 2.76. The molecule has 5 nitrogen and oxygen atoms in total. The SMILES string of the molecule is CCCCC1CCC(C(=O)NCc2ccnc(N3CCN(CC)CC3)c2)CC1. The fourth-order valence-corrected chi connectivity index (χ4v) is 4.58. The molecule has 2 heterocycles. The Kier molecular flexibility index (Phi) is 8.13. The summed E-state index contributed by atoms with van der Waals surface area (Å²) in [5.41, 5.74) is 1.15. The number of hydrogen-bond donors (Lipinski definition) is 1. The maximum atomic E-state index is 12.6. The Morgan fingerprint density at radius 3 is 2.57 bits per heavy atom. The minimum absolute atomic E-state index is 0.210. The van der Waals surface area contributed by atoms with Gasteiger partial charge in [-0.05, 0) is 55.8 Å². The van der Waals surface area contributed by atoms with Crippen molar-refractivity contribution in [3.8, 4) is 0 Å². The van der Waals surface area contributed by atoms with Gasteiger partial charge < -0.3 is 15.1 Å². The molecule has 1 aromatic heterocycles. The van der Waals surface area contributed by atoms with Crippen LogP contribution in [0.1, 0.15) is 64.4 Å². The first-order chi connectivity index (χ1) is 13.7. The molecule has 156 valence electrons. The first-order valence-corrected chi connectivity index (χ1v) is 11.4. The molecular weight excluding hydrogens is 348 g/mol. The highest BCUT2D eigenvalue weighted by Crippen LogP contribution is 2.32. The Balaban J connectivity index is 1.44. The van der Waals surface area contributed by atoms with E-state index >= 15 is 0 Å². The summed E-state index contributed by atoms with van der Waals surface area (Å²) in [7, 11) is 0. The van der Waals surface area contributed by atoms with Gasteiger partial charge in [-0.1, -0.05) is 33.1 Å². The van der Waals surface area contributed by atoms with E-state index in [9.17, 15) is 4.79 Å². The van der Waals surface area contributed by atoms with Gasteiger partial charge in [-0.25, -0.2) is 4.98 Å². The summed E-state index contributed by atoms with van der Waals surface area (Å²) in [6, 6.07) is 4.16. The number of pyridine rings is 1. The van der Waals surface area contributed by atoms with Crippen LogP contribution in [0.2, 0.25) is 0 Å². The first kappa shape index (κ1) is 21.1. The molecule has 0 aromatic carbocycles. The third kappa shape index (κ3) is 5.94. The molecule has 28 heavy (non-hydrogen) atoms. The van der Waals surface area contributed by atoms with Crippen LogP contribution in [0.5, 0.6) is 0 Å². The number of likely N-dealkylation sites (N-methyl/N-ethyl adjacent to an activating group) is 1. The lowest BCUT2D eigenvalue weighted by Crippen LogP contribution is -2.46. The van der Waals surface area contributed by atoms with E-state index in [1.165, 1.54) is 32.1 Å². The summed E-state index contributed by atoms with van der Waals surface area (Å²) in [4.78, 5) is 22.0. The number of unbranched alkanes of at least 4 members (excludes halogenated alkanes) is 1. The molecule has 1 saturated carbocycles. The van der Waals surface area contributed by atoms with E-state index in [1.54, 1.807) is 0 Å². The molecule has 0 spiro atoms. The number of amides is 1. The molecule has 0 atom stereocenters. The maximum Gasteiger partial charge on any atom is 0.223 e. The number of carbonyl (C=O) groups is 1. The van der Waals surface area contributed by atoms with Gasteiger partial charge in [-0.15, -0.1) is 0 Å². The number of nitrogens with zero attached hydrogens (tertiary/aromatic N) is 3. The van der Waals surface area contributed by atoms with E-state index < -0.39 is 0 Å². The Morgan fingerprint density at radius 1 is 1.14 bits per heavy atom. The van der Waals surface area contributed by atoms with Crippen LogP contribution < -0.4 is 10.2 Å². The van der Waals surface area contributed by atoms with E-state index in [0.717, 1.165) is 62.9 Å². The Hall–Kier alpha value is -1.62. The molecule has 2 fully saturated rings. The van der Waals surface area contributed by atoms with Gasteiger partial charge in [-0.3, -0.25) is 4.79 Å². The molecule has 1 aliphatic heterocycles. The van der Waals surface area contributed by atoms with Gasteiger partial charge in [0.25, 0.3) is 0 Å². The summed E-state index contributed by atoms with van der Waals surface area (Å²) < 4.78 is 0. The highest BCUT2D eigenvalue weighted by Gasteiger charge is 2.25. The van der Waals surface area contributed by atoms with Gasteiger partial charge in [0.05, 0.1) is 0 Å². The second kappa shape index (κ2) is 10.8. The molecule has 0 bridgehead atoms. The lowest BCUT2D eigenvalue weighted by Gasteiger charge is -2.34. The van der Waals surface area contributed by atoms with Crippen molar-refractivity contribution in [3.63, 3.8) is 0 Å². The molecule has 1 amide bonds. The number of piperazine rings is 1. The van der Waals surface area contributed by atoms with E-state index in [-0.39, 0.29) is 11.8 Å². The van der Waals surface area contributed by atoms with Crippen LogP contribution in [0.15, 0.2) is 18.3 Å². The van der Waals surface area contributed by atoms with Crippen LogP contribution in [-0.2, 0) is 11.3 Å². The van der Waals surface area contributed by atoms with Gasteiger partial charge >= 0.3 is 0 Å². The van der Waals surface area contributed by atoms with E-state index in [1.807, 2.05) is 12.3 Å². The van der Waals surface area contributed by atoms with Gasteiger partial charge in [0.2, 0.25) is 5.91 Å². The Morgan fingerprint density at radius 2 is 1.89 bits per heavy atom. The topological polar surface area (TPSA) is 48.5 Å². The van der Waals surface area contributed by atoms with Crippen LogP contribution in [0.4, 0.5) is 5.82 Å². The second-order valence-corrected chi connectivity index (χ2v) is 8.52. The number of aromatic nitrogens is 1. The van der Waals surface area contributed by atoms with Gasteiger partial charge in [0, 0.05) is 44.8 Å². The van der Waals surface area contributed by atoms with Crippen LogP contribution in [0.3, 0.4) is 0 Å². The smallest absolute Gasteiger partial charge is 0.223 e. The second-order valence-electron chi connectivity index (χ2n) is 8.52. The van der Waals surface area contributed by atoms with E-state index in [4.69, 9.17) is 0 Å². The molecule has 2 aliphatic rings. The van der Waals surface area contributed by atoms with Gasteiger partial charge in [0.1, 0.15) is 5.82 Å². The van der Waals surface area contributed by atoms with Crippen molar-refractivity contribution in [2.75, 3.05) is 37.6 Å². The predicted molar refractivity (Wildman–Crippen MR) is 115 cm³/mol. The number of rotatable bonds is 8. The largest absolute Gasteiger partial charge is 0.354 e. The lowest BCUT2D eigenvalue weighted by atomic mass is 9.79. The van der Waals surface area contributed by atoms with Crippen molar-refractivity contribution in [2.24, 2.45) is 11.8 Å². The molecule has 1 N–H and O–H groups in total. The first-order valence-electron chi connectivity index (χ1n) is 11.4. The molecule has 3 rings (SSSR count). The van der Waals surface area contributed by atoms with Crippen molar-refractivity contribution in [2.45, 2.75) is 65.3 Å². The monoisotopic (exact) mass is 386 g/mol. The predicted octanol–water partition coefficient (Wildman–Crippen LogP) is 3.84. The highest BCUT2D eigenvalue weighted by atomic mass is 16.1. The molecule has 5 heteroatoms. The fourth-order valence-electron chi connectivity index (χ4n) is 4.58. The third-order valence-corrected chi connectivity index (χ3v) is 6.60. The van der Waals surface area contributed by atoms with Crippen molar-refractivity contribution in [3.05, 3.63) is 23.9 Å². The summed E-state index contributed by atoms with van der Waals surface area (Å²) in [6.07, 6.45) is 10.4. The number of hydrogen-bond acceptors (Lipinski definition) is 4. The summed E-state index contributed by atoms with van der Waals surface area (Å²) in [5.74, 6) is 2.34. The van der Waals surface area contributed by atoms with E-state index in [0.29, 0.717) is 6.54 Å². The van der Waals surface area contributed by atoms with Crippen molar-refractivity contribution >= 4 is 11.7 Å². The highest BCUT2D eigenvalue weighted by molar-refractivity contribution is 5.78. The normalized spacial score (nSPS) is 23.6. The van der Waals surface area contributed by atoms with Crippen LogP contribution in [0, 0.1) is 11.8 Å². The van der Waals surface area contributed by atoms with Gasteiger partial charge in [-0.2, -0.15) is 0 Å². The van der Waals surface area contributed by atoms with Crippen LogP contribution in [-0.4, -0.2) is 48.5 Å². The zero-order valence-electron chi connectivity index (χ0n) is 17.8. The Bertz CT molecular complexity index is 604. The fraction of sp³-hybridized carbons (Fsp3) is 0.739. The molecule has 0 radical (unpaired) electrons. The number of nitrogens with one attached hydrogen (secondary N) is 1. The average molecular weight is 387 g/mol. The third-order valence-electron chi connectivity index (χ3n) is 6.60. The number of carbonyl (C=O) groups excluding carboxylic acids is 1. The number of anilines is 1. The van der Waals surface area contributed by atoms with Crippen molar-refractivity contribution in [1.29, 1.82) is 0 Å². The molecule has 1 aliphatic carbocycles. The maximum absolute atomic E-state index is 12.6. The summed E-state index contributed by atoms with van der Waals surface area (Å²) in [5, 5.41) is 3.18. The zero-order valence-corrected chi connectivity index (χ0v) is 17.8. The zero-order chi connectivity index (χ0) is 19.8.